The number of hydrogen-bond acceptors (Lipinski definition) is 2. The summed E-state index contributed by atoms with van der Waals surface area (Å²) in [4.78, 5) is 0. The maximum Gasteiger partial charge on any atom is 0.417 e. The number of nitrogens with two attached hydrogens (primary N) is 1. The molecule has 2 nitrogen and oxygen atoms in total. The lowest BCUT2D eigenvalue weighted by Gasteiger charge is -2.22. The average Bonchev–Trinajstić information content (AvgIpc) is 2.26. The van der Waals surface area contributed by atoms with Crippen LogP contribution in [0.5, 0.6) is 0 Å². The van der Waals surface area contributed by atoms with Gasteiger partial charge < -0.3 is 10.8 Å². The van der Waals surface area contributed by atoms with Gasteiger partial charge in [0.25, 0.3) is 5.92 Å². The summed E-state index contributed by atoms with van der Waals surface area (Å²) in [5.74, 6) is -3.64. The Morgan fingerprint density at radius 3 is 2.11 bits per heavy atom. The minimum absolute atomic E-state index is 0. The van der Waals surface area contributed by atoms with E-state index in [1.54, 1.807) is 0 Å². The Morgan fingerprint density at radius 1 is 1.21 bits per heavy atom. The molecule has 0 heterocycles. The highest BCUT2D eigenvalue weighted by Gasteiger charge is 2.39. The molecule has 0 saturated carbocycles. The molecule has 19 heavy (non-hydrogen) atoms. The maximum atomic E-state index is 13.1. The van der Waals surface area contributed by atoms with E-state index in [-0.39, 0.29) is 18.0 Å². The van der Waals surface area contributed by atoms with Crippen LogP contribution in [0.15, 0.2) is 18.2 Å². The Kier molecular flexibility index (Phi) is 6.01. The Labute approximate surface area is 116 Å². The lowest BCUT2D eigenvalue weighted by molar-refractivity contribution is -0.137. The second kappa shape index (κ2) is 6.21. The van der Waals surface area contributed by atoms with E-state index in [4.69, 9.17) is 22.4 Å². The smallest absolute Gasteiger partial charge is 0.390 e. The van der Waals surface area contributed by atoms with Crippen LogP contribution in [0, 0.1) is 0 Å². The minimum atomic E-state index is -4.67. The van der Waals surface area contributed by atoms with Crippen molar-refractivity contribution in [3.05, 3.63) is 34.3 Å². The third-order valence-electron chi connectivity index (χ3n) is 2.32. The molecule has 1 aromatic rings. The van der Waals surface area contributed by atoms with Gasteiger partial charge in [0.2, 0.25) is 0 Å². The number of aliphatic hydroxyl groups excluding tert-OH is 1. The third-order valence-corrected chi connectivity index (χ3v) is 2.64. The van der Waals surface area contributed by atoms with Gasteiger partial charge in [0, 0.05) is 0 Å². The number of halogens is 7. The third kappa shape index (κ3) is 4.17. The van der Waals surface area contributed by atoms with Gasteiger partial charge in [-0.1, -0.05) is 17.7 Å². The lowest BCUT2D eigenvalue weighted by atomic mass is 10.0. The van der Waals surface area contributed by atoms with Crippen molar-refractivity contribution in [3.63, 3.8) is 0 Å². The van der Waals surface area contributed by atoms with Crippen molar-refractivity contribution in [2.75, 3.05) is 6.61 Å². The lowest BCUT2D eigenvalue weighted by Crippen LogP contribution is -2.36. The zero-order chi connectivity index (χ0) is 14.1. The zero-order valence-electron chi connectivity index (χ0n) is 9.22. The van der Waals surface area contributed by atoms with Crippen molar-refractivity contribution in [2.45, 2.75) is 18.1 Å². The van der Waals surface area contributed by atoms with Crippen LogP contribution < -0.4 is 5.73 Å². The van der Waals surface area contributed by atoms with Crippen LogP contribution in [0.1, 0.15) is 17.2 Å². The molecule has 0 saturated heterocycles. The molecule has 1 rings (SSSR count). The predicted octanol–water partition coefficient (Wildman–Crippen LogP) is 3.41. The summed E-state index contributed by atoms with van der Waals surface area (Å²) in [5, 5.41) is 7.72. The molecule has 110 valence electrons. The molecule has 0 radical (unpaired) electrons. The summed E-state index contributed by atoms with van der Waals surface area (Å²) in [6.45, 7) is -1.51. The molecule has 0 aliphatic carbocycles. The molecule has 0 aromatic heterocycles. The molecule has 0 amide bonds. The number of hydrogen-bond donors (Lipinski definition) is 2. The fourth-order valence-corrected chi connectivity index (χ4v) is 1.59. The number of benzene rings is 1. The van der Waals surface area contributed by atoms with Gasteiger partial charge >= 0.3 is 6.18 Å². The van der Waals surface area contributed by atoms with Gasteiger partial charge in [0.15, 0.2) is 0 Å². The summed E-state index contributed by atoms with van der Waals surface area (Å²) < 4.78 is 63.2. The topological polar surface area (TPSA) is 46.2 Å². The summed E-state index contributed by atoms with van der Waals surface area (Å²) >= 11 is 5.37. The molecule has 1 atom stereocenters. The second-order valence-electron chi connectivity index (χ2n) is 3.63. The van der Waals surface area contributed by atoms with Gasteiger partial charge in [-0.2, -0.15) is 13.2 Å². The van der Waals surface area contributed by atoms with E-state index >= 15 is 0 Å². The van der Waals surface area contributed by atoms with Crippen molar-refractivity contribution < 1.29 is 27.1 Å². The molecule has 0 spiro atoms. The maximum absolute atomic E-state index is 13.1. The summed E-state index contributed by atoms with van der Waals surface area (Å²) in [6, 6.07) is 0.175. The van der Waals surface area contributed by atoms with Gasteiger partial charge in [-0.05, 0) is 17.7 Å². The quantitative estimate of drug-likeness (QED) is 0.836. The van der Waals surface area contributed by atoms with Crippen molar-refractivity contribution in [3.8, 4) is 0 Å². The van der Waals surface area contributed by atoms with E-state index < -0.39 is 35.3 Å². The molecule has 0 aliphatic rings. The first-order chi connectivity index (χ1) is 8.09. The largest absolute Gasteiger partial charge is 0.417 e. The van der Waals surface area contributed by atoms with Crippen LogP contribution in [0.2, 0.25) is 5.02 Å². The highest BCUT2D eigenvalue weighted by Crippen LogP contribution is 2.37. The van der Waals surface area contributed by atoms with Gasteiger partial charge in [0.1, 0.15) is 6.61 Å². The molecule has 3 N–H and O–H groups in total. The minimum Gasteiger partial charge on any atom is -0.390 e. The molecular weight excluding hydrogens is 316 g/mol. The van der Waals surface area contributed by atoms with Crippen molar-refractivity contribution in [1.82, 2.24) is 0 Å². The predicted molar refractivity (Wildman–Crippen MR) is 62.7 cm³/mol. The zero-order valence-corrected chi connectivity index (χ0v) is 10.8. The van der Waals surface area contributed by atoms with Crippen LogP contribution >= 0.6 is 24.0 Å². The molecule has 0 unspecified atom stereocenters. The number of alkyl halides is 5. The standard InChI is InChI=1S/C10H9ClF5NO.ClH/c11-7-3-5(8(17)9(12,13)4-18)1-2-6(7)10(14,15)16;/h1-3,8,18H,4,17H2;1H/t8-;/m1./s1. The number of rotatable bonds is 3. The molecular formula is C10H10Cl2F5NO. The van der Waals surface area contributed by atoms with Crippen LogP contribution in [-0.4, -0.2) is 17.6 Å². The SMILES string of the molecule is Cl.N[C@H](c1ccc(C(F)(F)F)c(Cl)c1)C(F)(F)CO. The summed E-state index contributed by atoms with van der Waals surface area (Å²) in [5.41, 5.74) is 3.74. The van der Waals surface area contributed by atoms with Gasteiger partial charge in [-0.3, -0.25) is 0 Å². The molecule has 0 fully saturated rings. The summed E-state index contributed by atoms with van der Waals surface area (Å²) in [7, 11) is 0. The first-order valence-corrected chi connectivity index (χ1v) is 5.08. The highest BCUT2D eigenvalue weighted by atomic mass is 35.5. The van der Waals surface area contributed by atoms with E-state index in [0.29, 0.717) is 6.07 Å². The first-order valence-electron chi connectivity index (χ1n) is 4.70. The van der Waals surface area contributed by atoms with E-state index in [9.17, 15) is 22.0 Å². The molecule has 0 bridgehead atoms. The molecule has 0 aliphatic heterocycles. The average molecular weight is 326 g/mol. The van der Waals surface area contributed by atoms with Crippen LogP contribution in [-0.2, 0) is 6.18 Å². The van der Waals surface area contributed by atoms with E-state index in [1.807, 2.05) is 0 Å². The highest BCUT2D eigenvalue weighted by molar-refractivity contribution is 6.31. The van der Waals surface area contributed by atoms with Crippen LogP contribution in [0.25, 0.3) is 0 Å². The van der Waals surface area contributed by atoms with E-state index in [2.05, 4.69) is 0 Å². The number of aliphatic hydroxyl groups is 1. The molecule has 9 heteroatoms. The Balaban J connectivity index is 0.00000324. The van der Waals surface area contributed by atoms with E-state index in [1.165, 1.54) is 0 Å². The first kappa shape index (κ1) is 18.4. The van der Waals surface area contributed by atoms with Crippen LogP contribution in [0.4, 0.5) is 22.0 Å². The normalized spacial score (nSPS) is 13.9. The second-order valence-corrected chi connectivity index (χ2v) is 4.04. The Hall–Kier alpha value is -0.630. The van der Waals surface area contributed by atoms with Crippen molar-refractivity contribution >= 4 is 24.0 Å². The van der Waals surface area contributed by atoms with Gasteiger partial charge in [-0.15, -0.1) is 12.4 Å². The fraction of sp³-hybridized carbons (Fsp3) is 0.400. The van der Waals surface area contributed by atoms with Gasteiger partial charge in [0.05, 0.1) is 16.6 Å². The Bertz CT molecular complexity index is 438. The molecule has 1 aromatic carbocycles. The monoisotopic (exact) mass is 325 g/mol. The summed E-state index contributed by atoms with van der Waals surface area (Å²) in [6.07, 6.45) is -4.67. The van der Waals surface area contributed by atoms with E-state index in [0.717, 1.165) is 12.1 Å². The fourth-order valence-electron chi connectivity index (χ4n) is 1.30. The van der Waals surface area contributed by atoms with Crippen molar-refractivity contribution in [1.29, 1.82) is 0 Å². The van der Waals surface area contributed by atoms with Gasteiger partial charge in [-0.25, -0.2) is 8.78 Å². The van der Waals surface area contributed by atoms with Crippen molar-refractivity contribution in [2.24, 2.45) is 5.73 Å². The van der Waals surface area contributed by atoms with Crippen LogP contribution in [0.3, 0.4) is 0 Å². The Morgan fingerprint density at radius 2 is 1.74 bits per heavy atom.